The number of amides is 1. The maximum Gasteiger partial charge on any atom is 0.244 e. The van der Waals surface area contributed by atoms with Crippen molar-refractivity contribution in [1.82, 2.24) is 25.0 Å². The zero-order chi connectivity index (χ0) is 14.5. The minimum absolute atomic E-state index is 0.0566. The van der Waals surface area contributed by atoms with Crippen molar-refractivity contribution in [3.05, 3.63) is 35.0 Å². The molecule has 0 aromatic carbocycles. The summed E-state index contributed by atoms with van der Waals surface area (Å²) < 4.78 is 1.55. The Balaban J connectivity index is 1.94. The number of nitrogens with zero attached hydrogens (tertiary/aromatic N) is 4. The van der Waals surface area contributed by atoms with E-state index in [4.69, 9.17) is 0 Å². The number of nitrogens with one attached hydrogen (secondary N) is 1. The van der Waals surface area contributed by atoms with E-state index in [1.165, 1.54) is 11.2 Å². The second kappa shape index (κ2) is 6.62. The SMILES string of the molecule is C[C@@H](C(=O)NC[C@@H](c1cccs1)N(C)C)n1cncn1. The smallest absolute Gasteiger partial charge is 0.244 e. The highest BCUT2D eigenvalue weighted by Crippen LogP contribution is 2.22. The molecule has 0 aliphatic carbocycles. The van der Waals surface area contributed by atoms with Crippen molar-refractivity contribution in [2.75, 3.05) is 20.6 Å². The van der Waals surface area contributed by atoms with Crippen molar-refractivity contribution in [3.63, 3.8) is 0 Å². The van der Waals surface area contributed by atoms with Crippen molar-refractivity contribution >= 4 is 17.2 Å². The molecule has 108 valence electrons. The van der Waals surface area contributed by atoms with Crippen LogP contribution in [0.1, 0.15) is 23.9 Å². The molecule has 2 heterocycles. The Morgan fingerprint density at radius 3 is 2.90 bits per heavy atom. The average Bonchev–Trinajstić information content (AvgIpc) is 3.10. The number of thiophene rings is 1. The van der Waals surface area contributed by atoms with Gasteiger partial charge in [-0.25, -0.2) is 9.67 Å². The Labute approximate surface area is 122 Å². The molecule has 0 unspecified atom stereocenters. The fraction of sp³-hybridized carbons (Fsp3) is 0.462. The van der Waals surface area contributed by atoms with Gasteiger partial charge in [-0.2, -0.15) is 5.10 Å². The number of aromatic nitrogens is 3. The molecular formula is C13H19N5OS. The first-order chi connectivity index (χ1) is 9.59. The fourth-order valence-corrected chi connectivity index (χ4v) is 2.82. The van der Waals surface area contributed by atoms with Crippen LogP contribution in [0.5, 0.6) is 0 Å². The van der Waals surface area contributed by atoms with Crippen molar-refractivity contribution in [2.24, 2.45) is 0 Å². The molecule has 1 N–H and O–H groups in total. The lowest BCUT2D eigenvalue weighted by molar-refractivity contribution is -0.124. The maximum absolute atomic E-state index is 12.1. The zero-order valence-corrected chi connectivity index (χ0v) is 12.7. The molecule has 0 aliphatic rings. The molecule has 0 fully saturated rings. The van der Waals surface area contributed by atoms with E-state index in [9.17, 15) is 4.79 Å². The van der Waals surface area contributed by atoms with Gasteiger partial charge in [0.05, 0.1) is 6.04 Å². The molecule has 2 aromatic rings. The average molecular weight is 293 g/mol. The Bertz CT molecular complexity index is 523. The fourth-order valence-electron chi connectivity index (χ4n) is 1.90. The second-order valence-corrected chi connectivity index (χ2v) is 5.77. The number of carbonyl (C=O) groups is 1. The lowest BCUT2D eigenvalue weighted by Gasteiger charge is -2.24. The van der Waals surface area contributed by atoms with Crippen LogP contribution in [0.25, 0.3) is 0 Å². The molecule has 2 rings (SSSR count). The lowest BCUT2D eigenvalue weighted by atomic mass is 10.2. The van der Waals surface area contributed by atoms with Crippen LogP contribution in [-0.4, -0.2) is 46.2 Å². The highest BCUT2D eigenvalue weighted by molar-refractivity contribution is 7.10. The molecule has 2 atom stereocenters. The van der Waals surface area contributed by atoms with E-state index >= 15 is 0 Å². The summed E-state index contributed by atoms with van der Waals surface area (Å²) in [5.41, 5.74) is 0. The van der Waals surface area contributed by atoms with Gasteiger partial charge in [0.15, 0.2) is 0 Å². The van der Waals surface area contributed by atoms with Gasteiger partial charge < -0.3 is 10.2 Å². The first-order valence-corrected chi connectivity index (χ1v) is 7.29. The van der Waals surface area contributed by atoms with Crippen LogP contribution >= 0.6 is 11.3 Å². The highest BCUT2D eigenvalue weighted by atomic mass is 32.1. The first-order valence-electron chi connectivity index (χ1n) is 6.41. The predicted octanol–water partition coefficient (Wildman–Crippen LogP) is 1.32. The zero-order valence-electron chi connectivity index (χ0n) is 11.9. The summed E-state index contributed by atoms with van der Waals surface area (Å²) in [6, 6.07) is 3.93. The third-order valence-electron chi connectivity index (χ3n) is 3.18. The first kappa shape index (κ1) is 14.7. The van der Waals surface area contributed by atoms with Crippen LogP contribution in [0.4, 0.5) is 0 Å². The van der Waals surface area contributed by atoms with Crippen LogP contribution in [0.15, 0.2) is 30.2 Å². The lowest BCUT2D eigenvalue weighted by Crippen LogP contribution is -2.37. The summed E-state index contributed by atoms with van der Waals surface area (Å²) in [7, 11) is 4.02. The Morgan fingerprint density at radius 2 is 2.35 bits per heavy atom. The molecule has 6 nitrogen and oxygen atoms in total. The van der Waals surface area contributed by atoms with Gasteiger partial charge in [0.2, 0.25) is 5.91 Å². The molecule has 2 aromatic heterocycles. The van der Waals surface area contributed by atoms with E-state index in [1.807, 2.05) is 25.5 Å². The number of carbonyl (C=O) groups excluding carboxylic acids is 1. The Kier molecular flexibility index (Phi) is 4.86. The van der Waals surface area contributed by atoms with Gasteiger partial charge in [-0.1, -0.05) is 6.07 Å². The molecule has 0 radical (unpaired) electrons. The van der Waals surface area contributed by atoms with Gasteiger partial charge in [-0.15, -0.1) is 11.3 Å². The molecule has 0 bridgehead atoms. The van der Waals surface area contributed by atoms with Crippen molar-refractivity contribution in [1.29, 1.82) is 0 Å². The summed E-state index contributed by atoms with van der Waals surface area (Å²) in [5, 5.41) is 9.01. The van der Waals surface area contributed by atoms with E-state index in [-0.39, 0.29) is 18.0 Å². The van der Waals surface area contributed by atoms with Crippen LogP contribution in [0.2, 0.25) is 0 Å². The minimum Gasteiger partial charge on any atom is -0.352 e. The van der Waals surface area contributed by atoms with Crippen LogP contribution < -0.4 is 5.32 Å². The predicted molar refractivity (Wildman–Crippen MR) is 78.5 cm³/mol. The molecule has 20 heavy (non-hydrogen) atoms. The van der Waals surface area contributed by atoms with Crippen molar-refractivity contribution in [2.45, 2.75) is 19.0 Å². The normalized spacial score (nSPS) is 14.2. The standard InChI is InChI=1S/C13H19N5OS/c1-10(18-9-14-8-16-18)13(19)15-7-11(17(2)3)12-5-4-6-20-12/h4-6,8-11H,7H2,1-3H3,(H,15,19)/t10-,11-/m0/s1. The second-order valence-electron chi connectivity index (χ2n) is 4.79. The summed E-state index contributed by atoms with van der Waals surface area (Å²) >= 11 is 1.70. The minimum atomic E-state index is -0.358. The number of likely N-dealkylation sites (N-methyl/N-ethyl adjacent to an activating group) is 1. The molecule has 0 spiro atoms. The molecule has 0 saturated heterocycles. The Morgan fingerprint density at radius 1 is 1.55 bits per heavy atom. The van der Waals surface area contributed by atoms with Crippen LogP contribution in [0, 0.1) is 0 Å². The molecule has 7 heteroatoms. The number of hydrogen-bond donors (Lipinski definition) is 1. The van der Waals surface area contributed by atoms with Crippen molar-refractivity contribution in [3.8, 4) is 0 Å². The molecule has 0 saturated carbocycles. The number of hydrogen-bond acceptors (Lipinski definition) is 5. The monoisotopic (exact) mass is 293 g/mol. The third-order valence-corrected chi connectivity index (χ3v) is 4.15. The van der Waals surface area contributed by atoms with E-state index in [0.717, 1.165) is 0 Å². The Hall–Kier alpha value is -1.73. The van der Waals surface area contributed by atoms with Gasteiger partial charge >= 0.3 is 0 Å². The van der Waals surface area contributed by atoms with Crippen LogP contribution in [-0.2, 0) is 4.79 Å². The van der Waals surface area contributed by atoms with Gasteiger partial charge in [0.1, 0.15) is 18.7 Å². The third kappa shape index (κ3) is 3.43. The van der Waals surface area contributed by atoms with Gasteiger partial charge in [0, 0.05) is 11.4 Å². The number of rotatable bonds is 6. The van der Waals surface area contributed by atoms with Gasteiger partial charge in [-0.3, -0.25) is 4.79 Å². The van der Waals surface area contributed by atoms with E-state index in [1.54, 1.807) is 29.3 Å². The highest BCUT2D eigenvalue weighted by Gasteiger charge is 2.19. The molecular weight excluding hydrogens is 274 g/mol. The largest absolute Gasteiger partial charge is 0.352 e. The van der Waals surface area contributed by atoms with Gasteiger partial charge in [-0.05, 0) is 32.5 Å². The van der Waals surface area contributed by atoms with Crippen molar-refractivity contribution < 1.29 is 4.79 Å². The van der Waals surface area contributed by atoms with Gasteiger partial charge in [0.25, 0.3) is 0 Å². The molecule has 1 amide bonds. The summed E-state index contributed by atoms with van der Waals surface area (Å²) in [6.45, 7) is 2.38. The van der Waals surface area contributed by atoms with E-state index in [0.29, 0.717) is 6.54 Å². The molecule has 0 aliphatic heterocycles. The summed E-state index contributed by atoms with van der Waals surface area (Å²) in [4.78, 5) is 19.3. The topological polar surface area (TPSA) is 63.1 Å². The van der Waals surface area contributed by atoms with E-state index < -0.39 is 0 Å². The quantitative estimate of drug-likeness (QED) is 0.872. The van der Waals surface area contributed by atoms with E-state index in [2.05, 4.69) is 26.4 Å². The summed E-state index contributed by atoms with van der Waals surface area (Å²) in [6.07, 6.45) is 2.98. The van der Waals surface area contributed by atoms with Crippen LogP contribution in [0.3, 0.4) is 0 Å². The summed E-state index contributed by atoms with van der Waals surface area (Å²) in [5.74, 6) is -0.0566. The maximum atomic E-state index is 12.1.